The molecule has 0 spiro atoms. The largest absolute Gasteiger partial charge is 0.444 e. The van der Waals surface area contributed by atoms with E-state index in [0.717, 1.165) is 0 Å². The molecule has 0 saturated carbocycles. The number of amides is 2. The van der Waals surface area contributed by atoms with Crippen molar-refractivity contribution in [3.8, 4) is 12.3 Å². The second-order valence-corrected chi connectivity index (χ2v) is 4.95. The van der Waals surface area contributed by atoms with Crippen molar-refractivity contribution in [3.05, 3.63) is 0 Å². The zero-order chi connectivity index (χ0) is 13.1. The summed E-state index contributed by atoms with van der Waals surface area (Å²) in [6, 6.07) is -0.516. The molecule has 1 heterocycles. The van der Waals surface area contributed by atoms with Crippen molar-refractivity contribution in [1.82, 2.24) is 10.2 Å². The minimum absolute atomic E-state index is 0.145. The molecular weight excluding hydrogens is 220 g/mol. The van der Waals surface area contributed by atoms with Crippen LogP contribution in [0, 0.1) is 12.3 Å². The van der Waals surface area contributed by atoms with E-state index < -0.39 is 17.7 Å². The Labute approximate surface area is 101 Å². The van der Waals surface area contributed by atoms with Crippen molar-refractivity contribution < 1.29 is 14.3 Å². The van der Waals surface area contributed by atoms with Gasteiger partial charge in [0, 0.05) is 6.54 Å². The second-order valence-electron chi connectivity index (χ2n) is 4.95. The summed E-state index contributed by atoms with van der Waals surface area (Å²) in [5.74, 6) is 2.27. The Bertz CT molecular complexity index is 352. The van der Waals surface area contributed by atoms with Gasteiger partial charge >= 0.3 is 6.09 Å². The quantitative estimate of drug-likeness (QED) is 0.722. The zero-order valence-corrected chi connectivity index (χ0v) is 10.4. The predicted octanol–water partition coefficient (Wildman–Crippen LogP) is 0.745. The van der Waals surface area contributed by atoms with Gasteiger partial charge in [-0.05, 0) is 27.2 Å². The molecule has 0 aliphatic carbocycles. The summed E-state index contributed by atoms with van der Waals surface area (Å²) >= 11 is 0. The van der Waals surface area contributed by atoms with Crippen LogP contribution in [0.2, 0.25) is 0 Å². The Kier molecular flexibility index (Phi) is 4.00. The molecule has 0 unspecified atom stereocenters. The maximum absolute atomic E-state index is 11.8. The number of terminal acetylenes is 1. The van der Waals surface area contributed by atoms with Crippen LogP contribution in [0.15, 0.2) is 0 Å². The van der Waals surface area contributed by atoms with E-state index in [-0.39, 0.29) is 12.5 Å². The van der Waals surface area contributed by atoms with Gasteiger partial charge in [0.15, 0.2) is 0 Å². The lowest BCUT2D eigenvalue weighted by Crippen LogP contribution is -2.43. The smallest absolute Gasteiger partial charge is 0.408 e. The van der Waals surface area contributed by atoms with Crippen LogP contribution >= 0.6 is 0 Å². The first-order chi connectivity index (χ1) is 7.83. The fraction of sp³-hybridized carbons (Fsp3) is 0.667. The molecular formula is C12H18N2O3. The van der Waals surface area contributed by atoms with Crippen molar-refractivity contribution in [3.63, 3.8) is 0 Å². The molecule has 1 atom stereocenters. The summed E-state index contributed by atoms with van der Waals surface area (Å²) in [4.78, 5) is 24.8. The van der Waals surface area contributed by atoms with Crippen molar-refractivity contribution in [2.45, 2.75) is 38.8 Å². The number of rotatable bonds is 2. The highest BCUT2D eigenvalue weighted by Crippen LogP contribution is 2.12. The summed E-state index contributed by atoms with van der Waals surface area (Å²) in [5, 5.41) is 2.55. The summed E-state index contributed by atoms with van der Waals surface area (Å²) in [6.45, 7) is 6.17. The van der Waals surface area contributed by atoms with Gasteiger partial charge in [-0.1, -0.05) is 5.92 Å². The van der Waals surface area contributed by atoms with Gasteiger partial charge in [-0.2, -0.15) is 0 Å². The van der Waals surface area contributed by atoms with Gasteiger partial charge in [0.25, 0.3) is 0 Å². The van der Waals surface area contributed by atoms with E-state index in [0.29, 0.717) is 13.0 Å². The van der Waals surface area contributed by atoms with Crippen LogP contribution < -0.4 is 5.32 Å². The number of nitrogens with zero attached hydrogens (tertiary/aromatic N) is 1. The summed E-state index contributed by atoms with van der Waals surface area (Å²) in [7, 11) is 0. The Hall–Kier alpha value is -1.70. The molecule has 5 heteroatoms. The molecule has 1 saturated heterocycles. The third-order valence-electron chi connectivity index (χ3n) is 2.27. The van der Waals surface area contributed by atoms with Crippen molar-refractivity contribution >= 4 is 12.0 Å². The lowest BCUT2D eigenvalue weighted by Gasteiger charge is -2.21. The number of hydrogen-bond acceptors (Lipinski definition) is 3. The van der Waals surface area contributed by atoms with Crippen LogP contribution in [-0.2, 0) is 9.53 Å². The van der Waals surface area contributed by atoms with E-state index in [1.807, 2.05) is 0 Å². The van der Waals surface area contributed by atoms with E-state index in [9.17, 15) is 9.59 Å². The van der Waals surface area contributed by atoms with Crippen LogP contribution in [0.25, 0.3) is 0 Å². The molecule has 0 aromatic carbocycles. The highest BCUT2D eigenvalue weighted by Gasteiger charge is 2.33. The van der Waals surface area contributed by atoms with Crippen molar-refractivity contribution in [1.29, 1.82) is 0 Å². The highest BCUT2D eigenvalue weighted by molar-refractivity contribution is 5.87. The van der Waals surface area contributed by atoms with Gasteiger partial charge in [-0.3, -0.25) is 4.79 Å². The minimum Gasteiger partial charge on any atom is -0.444 e. The van der Waals surface area contributed by atoms with E-state index in [2.05, 4.69) is 11.2 Å². The third-order valence-corrected chi connectivity index (χ3v) is 2.27. The first kappa shape index (κ1) is 13.4. The lowest BCUT2D eigenvalue weighted by molar-refractivity contribution is -0.128. The Morgan fingerprint density at radius 2 is 2.29 bits per heavy atom. The van der Waals surface area contributed by atoms with Crippen LogP contribution in [0.5, 0.6) is 0 Å². The lowest BCUT2D eigenvalue weighted by atomic mass is 10.2. The molecule has 1 N–H and O–H groups in total. The third kappa shape index (κ3) is 3.99. The van der Waals surface area contributed by atoms with Crippen molar-refractivity contribution in [2.24, 2.45) is 0 Å². The van der Waals surface area contributed by atoms with E-state index in [1.54, 1.807) is 25.7 Å². The van der Waals surface area contributed by atoms with Gasteiger partial charge < -0.3 is 15.0 Å². The first-order valence-electron chi connectivity index (χ1n) is 5.55. The number of ether oxygens (including phenoxy) is 1. The van der Waals surface area contributed by atoms with Crippen LogP contribution in [0.4, 0.5) is 4.79 Å². The Morgan fingerprint density at radius 1 is 1.65 bits per heavy atom. The molecule has 0 bridgehead atoms. The van der Waals surface area contributed by atoms with Gasteiger partial charge in [-0.25, -0.2) is 4.79 Å². The number of alkyl carbamates (subject to hydrolysis) is 1. The number of carbonyl (C=O) groups excluding carboxylic acids is 2. The molecule has 0 radical (unpaired) electrons. The fourth-order valence-corrected chi connectivity index (χ4v) is 1.59. The Morgan fingerprint density at radius 3 is 2.82 bits per heavy atom. The van der Waals surface area contributed by atoms with E-state index in [1.165, 1.54) is 0 Å². The van der Waals surface area contributed by atoms with Crippen LogP contribution in [-0.4, -0.2) is 41.6 Å². The number of carbonyl (C=O) groups is 2. The zero-order valence-electron chi connectivity index (χ0n) is 10.4. The molecule has 0 aromatic heterocycles. The van der Waals surface area contributed by atoms with E-state index in [4.69, 9.17) is 11.2 Å². The van der Waals surface area contributed by atoms with Crippen molar-refractivity contribution in [2.75, 3.05) is 13.1 Å². The molecule has 0 aromatic rings. The number of nitrogens with one attached hydrogen (secondary N) is 1. The average molecular weight is 238 g/mol. The van der Waals surface area contributed by atoms with Gasteiger partial charge in [0.1, 0.15) is 11.6 Å². The first-order valence-corrected chi connectivity index (χ1v) is 5.55. The van der Waals surface area contributed by atoms with Crippen LogP contribution in [0.3, 0.4) is 0 Å². The maximum Gasteiger partial charge on any atom is 0.408 e. The van der Waals surface area contributed by atoms with Gasteiger partial charge in [0.2, 0.25) is 5.91 Å². The number of likely N-dealkylation sites (tertiary alicyclic amines) is 1. The second kappa shape index (κ2) is 5.09. The standard InChI is InChI=1S/C12H18N2O3/c1-5-7-14-8-6-9(10(14)15)13-11(16)17-12(2,3)4/h1,9H,6-8H2,2-4H3,(H,13,16)/t9-/m0/s1. The summed E-state index contributed by atoms with van der Waals surface area (Å²) < 4.78 is 5.08. The average Bonchev–Trinajstić information content (AvgIpc) is 2.47. The fourth-order valence-electron chi connectivity index (χ4n) is 1.59. The Balaban J connectivity index is 2.47. The van der Waals surface area contributed by atoms with E-state index >= 15 is 0 Å². The summed E-state index contributed by atoms with van der Waals surface area (Å²) in [5.41, 5.74) is -0.565. The monoisotopic (exact) mass is 238 g/mol. The normalized spacial score (nSPS) is 20.0. The number of hydrogen-bond donors (Lipinski definition) is 1. The minimum atomic E-state index is -0.571. The molecule has 17 heavy (non-hydrogen) atoms. The summed E-state index contributed by atoms with van der Waals surface area (Å²) in [6.07, 6.45) is 5.14. The van der Waals surface area contributed by atoms with Gasteiger partial charge in [-0.15, -0.1) is 6.42 Å². The molecule has 1 aliphatic heterocycles. The molecule has 5 nitrogen and oxygen atoms in total. The SMILES string of the molecule is C#CCN1CC[C@H](NC(=O)OC(C)(C)C)C1=O. The molecule has 94 valence electrons. The maximum atomic E-state index is 11.8. The predicted molar refractivity (Wildman–Crippen MR) is 63.2 cm³/mol. The topological polar surface area (TPSA) is 58.6 Å². The highest BCUT2D eigenvalue weighted by atomic mass is 16.6. The molecule has 1 rings (SSSR count). The molecule has 1 fully saturated rings. The van der Waals surface area contributed by atoms with Gasteiger partial charge in [0.05, 0.1) is 6.54 Å². The molecule has 2 amide bonds. The molecule has 1 aliphatic rings. The van der Waals surface area contributed by atoms with Crippen LogP contribution in [0.1, 0.15) is 27.2 Å².